The first-order valence-electron chi connectivity index (χ1n) is 7.04. The highest BCUT2D eigenvalue weighted by Crippen LogP contribution is 2.24. The third-order valence-corrected chi connectivity index (χ3v) is 3.67. The van der Waals surface area contributed by atoms with Crippen molar-refractivity contribution < 1.29 is 9.53 Å². The number of fused-ring (bicyclic) bond motifs is 1. The van der Waals surface area contributed by atoms with Crippen molar-refractivity contribution in [2.45, 2.75) is 6.54 Å². The number of rotatable bonds is 2. The van der Waals surface area contributed by atoms with E-state index in [9.17, 15) is 4.79 Å². The third-order valence-electron chi connectivity index (χ3n) is 3.67. The molecule has 1 N–H and O–H groups in total. The summed E-state index contributed by atoms with van der Waals surface area (Å²) in [5.41, 5.74) is 2.77. The molecule has 4 nitrogen and oxygen atoms in total. The predicted molar refractivity (Wildman–Crippen MR) is 82.8 cm³/mol. The Labute approximate surface area is 124 Å². The maximum atomic E-state index is 12.8. The van der Waals surface area contributed by atoms with Crippen LogP contribution in [-0.4, -0.2) is 26.1 Å². The quantitative estimate of drug-likeness (QED) is 0.920. The van der Waals surface area contributed by atoms with Gasteiger partial charge in [0.25, 0.3) is 5.91 Å². The van der Waals surface area contributed by atoms with Crippen molar-refractivity contribution in [3.63, 3.8) is 0 Å². The highest BCUT2D eigenvalue weighted by Gasteiger charge is 2.22. The maximum Gasteiger partial charge on any atom is 0.258 e. The van der Waals surface area contributed by atoms with Crippen molar-refractivity contribution in [1.29, 1.82) is 0 Å². The van der Waals surface area contributed by atoms with Crippen molar-refractivity contribution in [2.24, 2.45) is 0 Å². The largest absolute Gasteiger partial charge is 0.497 e. The molecule has 0 spiro atoms. The SMILES string of the molecule is COc1cccc(C(=O)N2CCNCc3ccccc32)c1. The highest BCUT2D eigenvalue weighted by atomic mass is 16.5. The number of para-hydroxylation sites is 1. The van der Waals surface area contributed by atoms with Gasteiger partial charge in [0.2, 0.25) is 0 Å². The monoisotopic (exact) mass is 282 g/mol. The predicted octanol–water partition coefficient (Wildman–Crippen LogP) is 2.45. The molecule has 3 rings (SSSR count). The van der Waals surface area contributed by atoms with E-state index in [1.165, 1.54) is 0 Å². The Morgan fingerprint density at radius 3 is 2.90 bits per heavy atom. The van der Waals surface area contributed by atoms with Gasteiger partial charge in [-0.2, -0.15) is 0 Å². The Balaban J connectivity index is 1.97. The van der Waals surface area contributed by atoms with Gasteiger partial charge in [-0.3, -0.25) is 4.79 Å². The molecular formula is C17H18N2O2. The van der Waals surface area contributed by atoms with Crippen LogP contribution in [-0.2, 0) is 6.54 Å². The molecular weight excluding hydrogens is 264 g/mol. The Morgan fingerprint density at radius 2 is 2.05 bits per heavy atom. The van der Waals surface area contributed by atoms with E-state index in [2.05, 4.69) is 11.4 Å². The molecule has 0 saturated heterocycles. The summed E-state index contributed by atoms with van der Waals surface area (Å²) < 4.78 is 5.20. The smallest absolute Gasteiger partial charge is 0.258 e. The topological polar surface area (TPSA) is 41.6 Å². The summed E-state index contributed by atoms with van der Waals surface area (Å²) in [5, 5.41) is 3.34. The van der Waals surface area contributed by atoms with E-state index in [1.54, 1.807) is 13.2 Å². The number of nitrogens with one attached hydrogen (secondary N) is 1. The Kier molecular flexibility index (Phi) is 3.88. The number of methoxy groups -OCH3 is 1. The number of hydrogen-bond donors (Lipinski definition) is 1. The van der Waals surface area contributed by atoms with Gasteiger partial charge in [0.1, 0.15) is 5.75 Å². The van der Waals surface area contributed by atoms with Crippen molar-refractivity contribution in [3.05, 3.63) is 59.7 Å². The summed E-state index contributed by atoms with van der Waals surface area (Å²) in [6.45, 7) is 2.23. The molecule has 1 heterocycles. The van der Waals surface area contributed by atoms with E-state index in [0.717, 1.165) is 24.3 Å². The lowest BCUT2D eigenvalue weighted by molar-refractivity contribution is 0.0987. The van der Waals surface area contributed by atoms with E-state index < -0.39 is 0 Å². The third kappa shape index (κ3) is 2.76. The fourth-order valence-corrected chi connectivity index (χ4v) is 2.58. The lowest BCUT2D eigenvalue weighted by Crippen LogP contribution is -2.34. The van der Waals surface area contributed by atoms with Crippen molar-refractivity contribution in [1.82, 2.24) is 5.32 Å². The molecule has 0 atom stereocenters. The molecule has 1 aliphatic heterocycles. The lowest BCUT2D eigenvalue weighted by atomic mass is 10.1. The van der Waals surface area contributed by atoms with E-state index in [1.807, 2.05) is 41.3 Å². The molecule has 0 bridgehead atoms. The molecule has 0 saturated carbocycles. The van der Waals surface area contributed by atoms with Gasteiger partial charge in [-0.25, -0.2) is 0 Å². The fraction of sp³-hybridized carbons (Fsp3) is 0.235. The van der Waals surface area contributed by atoms with E-state index in [4.69, 9.17) is 4.74 Å². The first-order chi connectivity index (χ1) is 10.3. The van der Waals surface area contributed by atoms with Crippen LogP contribution in [0.4, 0.5) is 5.69 Å². The molecule has 0 unspecified atom stereocenters. The van der Waals surface area contributed by atoms with Gasteiger partial charge < -0.3 is 15.0 Å². The summed E-state index contributed by atoms with van der Waals surface area (Å²) in [7, 11) is 1.61. The zero-order chi connectivity index (χ0) is 14.7. The number of carbonyl (C=O) groups excluding carboxylic acids is 1. The Hall–Kier alpha value is -2.33. The van der Waals surface area contributed by atoms with Crippen molar-refractivity contribution >= 4 is 11.6 Å². The molecule has 21 heavy (non-hydrogen) atoms. The van der Waals surface area contributed by atoms with Gasteiger partial charge in [0.05, 0.1) is 7.11 Å². The fourth-order valence-electron chi connectivity index (χ4n) is 2.58. The standard InChI is InChI=1S/C17H18N2O2/c1-21-15-7-4-6-13(11-15)17(20)19-10-9-18-12-14-5-2-3-8-16(14)19/h2-8,11,18H,9-10,12H2,1H3. The van der Waals surface area contributed by atoms with Crippen LogP contribution in [0.5, 0.6) is 5.75 Å². The van der Waals surface area contributed by atoms with Gasteiger partial charge in [0.15, 0.2) is 0 Å². The molecule has 108 valence electrons. The molecule has 2 aromatic carbocycles. The molecule has 0 radical (unpaired) electrons. The summed E-state index contributed by atoms with van der Waals surface area (Å²) in [6, 6.07) is 15.3. The highest BCUT2D eigenvalue weighted by molar-refractivity contribution is 6.06. The van der Waals surface area contributed by atoms with E-state index in [-0.39, 0.29) is 5.91 Å². The van der Waals surface area contributed by atoms with E-state index in [0.29, 0.717) is 17.9 Å². The van der Waals surface area contributed by atoms with Gasteiger partial charge in [-0.1, -0.05) is 24.3 Å². The second-order valence-corrected chi connectivity index (χ2v) is 4.99. The van der Waals surface area contributed by atoms with Crippen LogP contribution in [0, 0.1) is 0 Å². The summed E-state index contributed by atoms with van der Waals surface area (Å²) in [5.74, 6) is 0.701. The maximum absolute atomic E-state index is 12.8. The van der Waals surface area contributed by atoms with Crippen LogP contribution in [0.15, 0.2) is 48.5 Å². The first-order valence-corrected chi connectivity index (χ1v) is 7.04. The second kappa shape index (κ2) is 5.97. The number of ether oxygens (including phenoxy) is 1. The summed E-state index contributed by atoms with van der Waals surface area (Å²) in [4.78, 5) is 14.7. The Morgan fingerprint density at radius 1 is 1.19 bits per heavy atom. The molecule has 4 heteroatoms. The normalized spacial score (nSPS) is 14.2. The zero-order valence-electron chi connectivity index (χ0n) is 12.0. The average Bonchev–Trinajstić information content (AvgIpc) is 2.76. The van der Waals surface area contributed by atoms with Crippen LogP contribution in [0.1, 0.15) is 15.9 Å². The van der Waals surface area contributed by atoms with Crippen LogP contribution < -0.4 is 15.0 Å². The van der Waals surface area contributed by atoms with Crippen molar-refractivity contribution in [3.8, 4) is 5.75 Å². The molecule has 1 aliphatic rings. The van der Waals surface area contributed by atoms with Gasteiger partial charge in [-0.15, -0.1) is 0 Å². The van der Waals surface area contributed by atoms with Gasteiger partial charge in [-0.05, 0) is 29.8 Å². The molecule has 0 aliphatic carbocycles. The first kappa shape index (κ1) is 13.6. The summed E-state index contributed by atoms with van der Waals surface area (Å²) >= 11 is 0. The average molecular weight is 282 g/mol. The number of amides is 1. The van der Waals surface area contributed by atoms with Gasteiger partial charge in [0, 0.05) is 30.9 Å². The minimum absolute atomic E-state index is 0.00468. The number of anilines is 1. The van der Waals surface area contributed by atoms with Crippen LogP contribution in [0.25, 0.3) is 0 Å². The molecule has 0 fully saturated rings. The molecule has 1 amide bonds. The second-order valence-electron chi connectivity index (χ2n) is 4.99. The number of carbonyl (C=O) groups is 1. The zero-order valence-corrected chi connectivity index (χ0v) is 12.0. The Bertz CT molecular complexity index is 655. The molecule has 0 aromatic heterocycles. The summed E-state index contributed by atoms with van der Waals surface area (Å²) in [6.07, 6.45) is 0. The minimum Gasteiger partial charge on any atom is -0.497 e. The molecule has 2 aromatic rings. The number of benzene rings is 2. The van der Waals surface area contributed by atoms with Crippen molar-refractivity contribution in [2.75, 3.05) is 25.1 Å². The van der Waals surface area contributed by atoms with Crippen LogP contribution in [0.2, 0.25) is 0 Å². The number of nitrogens with zero attached hydrogens (tertiary/aromatic N) is 1. The van der Waals surface area contributed by atoms with Crippen LogP contribution >= 0.6 is 0 Å². The van der Waals surface area contributed by atoms with Crippen LogP contribution in [0.3, 0.4) is 0 Å². The van der Waals surface area contributed by atoms with E-state index >= 15 is 0 Å². The minimum atomic E-state index is 0.00468. The number of hydrogen-bond acceptors (Lipinski definition) is 3. The van der Waals surface area contributed by atoms with Gasteiger partial charge >= 0.3 is 0 Å². The lowest BCUT2D eigenvalue weighted by Gasteiger charge is -2.22.